The van der Waals surface area contributed by atoms with Gasteiger partial charge in [-0.15, -0.1) is 11.3 Å². The Morgan fingerprint density at radius 2 is 2.29 bits per heavy atom. The van der Waals surface area contributed by atoms with Crippen molar-refractivity contribution in [2.75, 3.05) is 6.54 Å². The quantitative estimate of drug-likeness (QED) is 0.766. The molecule has 1 unspecified atom stereocenters. The highest BCUT2D eigenvalue weighted by Crippen LogP contribution is 2.25. The predicted octanol–water partition coefficient (Wildman–Crippen LogP) is 3.07. The van der Waals surface area contributed by atoms with Crippen molar-refractivity contribution >= 4 is 17.3 Å². The van der Waals surface area contributed by atoms with Crippen molar-refractivity contribution in [1.82, 2.24) is 5.32 Å². The Bertz CT molecular complexity index is 382. The first kappa shape index (κ1) is 13.9. The van der Waals surface area contributed by atoms with E-state index in [-0.39, 0.29) is 6.04 Å². The van der Waals surface area contributed by atoms with Gasteiger partial charge < -0.3 is 10.4 Å². The molecule has 1 aromatic heterocycles. The van der Waals surface area contributed by atoms with Crippen LogP contribution in [-0.4, -0.2) is 17.6 Å². The van der Waals surface area contributed by atoms with Crippen molar-refractivity contribution in [2.45, 2.75) is 26.8 Å². The molecule has 0 spiro atoms. The molecule has 0 aliphatic heterocycles. The van der Waals surface area contributed by atoms with Gasteiger partial charge in [0.05, 0.1) is 0 Å². The van der Waals surface area contributed by atoms with Crippen molar-refractivity contribution in [3.05, 3.63) is 34.0 Å². The number of hydrogen-bond acceptors (Lipinski definition) is 3. The number of hydrogen-bond donors (Lipinski definition) is 2. The maximum atomic E-state index is 10.5. The molecule has 0 saturated carbocycles. The highest BCUT2D eigenvalue weighted by Gasteiger charge is 2.15. The molecule has 2 N–H and O–H groups in total. The summed E-state index contributed by atoms with van der Waals surface area (Å²) in [6.45, 7) is 6.75. The van der Waals surface area contributed by atoms with Crippen LogP contribution in [0.2, 0.25) is 0 Å². The second-order valence-electron chi connectivity index (χ2n) is 4.45. The standard InChI is InChI=1S/C13H19NO2S/c1-9(2)13(11-5-4-6-17-11)14-8-10(3)7-12(15)16/h4-7,9,13-14H,8H2,1-3H3,(H,15,16)/b10-7+. The normalized spacial score (nSPS) is 14.0. The average Bonchev–Trinajstić information content (AvgIpc) is 2.69. The third-order valence-electron chi connectivity index (χ3n) is 2.49. The zero-order chi connectivity index (χ0) is 12.8. The number of rotatable bonds is 6. The minimum atomic E-state index is -0.887. The van der Waals surface area contributed by atoms with Gasteiger partial charge in [0.15, 0.2) is 0 Å². The van der Waals surface area contributed by atoms with E-state index in [9.17, 15) is 4.79 Å². The molecule has 1 atom stereocenters. The van der Waals surface area contributed by atoms with E-state index >= 15 is 0 Å². The van der Waals surface area contributed by atoms with Crippen LogP contribution in [0, 0.1) is 5.92 Å². The van der Waals surface area contributed by atoms with Crippen LogP contribution in [0.3, 0.4) is 0 Å². The highest BCUT2D eigenvalue weighted by atomic mass is 32.1. The lowest BCUT2D eigenvalue weighted by Gasteiger charge is -2.21. The summed E-state index contributed by atoms with van der Waals surface area (Å²) >= 11 is 1.73. The fraction of sp³-hybridized carbons (Fsp3) is 0.462. The van der Waals surface area contributed by atoms with Gasteiger partial charge in [0.2, 0.25) is 0 Å². The van der Waals surface area contributed by atoms with Gasteiger partial charge in [-0.25, -0.2) is 4.79 Å². The molecular formula is C13H19NO2S. The fourth-order valence-electron chi connectivity index (χ4n) is 1.67. The van der Waals surface area contributed by atoms with Crippen molar-refractivity contribution < 1.29 is 9.90 Å². The Balaban J connectivity index is 2.61. The van der Waals surface area contributed by atoms with E-state index < -0.39 is 5.97 Å². The van der Waals surface area contributed by atoms with E-state index in [1.54, 1.807) is 11.3 Å². The Morgan fingerprint density at radius 1 is 1.59 bits per heavy atom. The maximum absolute atomic E-state index is 10.5. The molecule has 1 rings (SSSR count). The lowest BCUT2D eigenvalue weighted by Crippen LogP contribution is -2.26. The molecule has 1 aromatic rings. The zero-order valence-electron chi connectivity index (χ0n) is 10.4. The topological polar surface area (TPSA) is 49.3 Å². The van der Waals surface area contributed by atoms with Crippen LogP contribution in [0.15, 0.2) is 29.2 Å². The molecule has 0 amide bonds. The van der Waals surface area contributed by atoms with E-state index in [0.29, 0.717) is 12.5 Å². The van der Waals surface area contributed by atoms with Crippen molar-refractivity contribution in [1.29, 1.82) is 0 Å². The number of carbonyl (C=O) groups is 1. The van der Waals surface area contributed by atoms with Crippen LogP contribution in [0.25, 0.3) is 0 Å². The molecule has 0 saturated heterocycles. The lowest BCUT2D eigenvalue weighted by atomic mass is 10.0. The second-order valence-corrected chi connectivity index (χ2v) is 5.43. The van der Waals surface area contributed by atoms with Gasteiger partial charge in [-0.3, -0.25) is 0 Å². The summed E-state index contributed by atoms with van der Waals surface area (Å²) in [7, 11) is 0. The predicted molar refractivity (Wildman–Crippen MR) is 71.3 cm³/mol. The summed E-state index contributed by atoms with van der Waals surface area (Å²) < 4.78 is 0. The van der Waals surface area contributed by atoms with Crippen molar-refractivity contribution in [3.8, 4) is 0 Å². The summed E-state index contributed by atoms with van der Waals surface area (Å²) in [5.41, 5.74) is 0.833. The van der Waals surface area contributed by atoms with Gasteiger partial charge in [0, 0.05) is 23.5 Å². The lowest BCUT2D eigenvalue weighted by molar-refractivity contribution is -0.131. The van der Waals surface area contributed by atoms with Crippen molar-refractivity contribution in [3.63, 3.8) is 0 Å². The smallest absolute Gasteiger partial charge is 0.328 e. The molecule has 1 heterocycles. The van der Waals surface area contributed by atoms with Gasteiger partial charge in [0.25, 0.3) is 0 Å². The third-order valence-corrected chi connectivity index (χ3v) is 3.44. The van der Waals surface area contributed by atoms with Crippen LogP contribution in [0.1, 0.15) is 31.7 Å². The first-order chi connectivity index (χ1) is 8.00. The van der Waals surface area contributed by atoms with Gasteiger partial charge in [-0.1, -0.05) is 25.5 Å². The van der Waals surface area contributed by atoms with Crippen LogP contribution in [0.5, 0.6) is 0 Å². The largest absolute Gasteiger partial charge is 0.478 e. The average molecular weight is 253 g/mol. The van der Waals surface area contributed by atoms with Crippen LogP contribution in [-0.2, 0) is 4.79 Å². The fourth-order valence-corrected chi connectivity index (χ4v) is 2.64. The number of carboxylic acid groups (broad SMARTS) is 1. The van der Waals surface area contributed by atoms with Gasteiger partial charge in [-0.05, 0) is 24.3 Å². The number of nitrogens with one attached hydrogen (secondary N) is 1. The maximum Gasteiger partial charge on any atom is 0.328 e. The van der Waals surface area contributed by atoms with Gasteiger partial charge in [-0.2, -0.15) is 0 Å². The van der Waals surface area contributed by atoms with E-state index in [4.69, 9.17) is 5.11 Å². The number of carboxylic acids is 1. The Kier molecular flexibility index (Phi) is 5.38. The molecule has 17 heavy (non-hydrogen) atoms. The molecule has 4 heteroatoms. The molecule has 0 fully saturated rings. The van der Waals surface area contributed by atoms with Gasteiger partial charge in [0.1, 0.15) is 0 Å². The first-order valence-electron chi connectivity index (χ1n) is 5.67. The molecule has 0 bridgehead atoms. The molecule has 3 nitrogen and oxygen atoms in total. The monoisotopic (exact) mass is 253 g/mol. The molecular weight excluding hydrogens is 234 g/mol. The number of thiophene rings is 1. The third kappa shape index (κ3) is 4.71. The molecule has 94 valence electrons. The van der Waals surface area contributed by atoms with Crippen LogP contribution in [0.4, 0.5) is 0 Å². The zero-order valence-corrected chi connectivity index (χ0v) is 11.3. The molecule has 0 aliphatic rings. The van der Waals surface area contributed by atoms with Gasteiger partial charge >= 0.3 is 5.97 Å². The number of aliphatic carboxylic acids is 1. The SMILES string of the molecule is C/C(=C\C(=O)O)CNC(c1cccs1)C(C)C. The summed E-state index contributed by atoms with van der Waals surface area (Å²) in [6.07, 6.45) is 1.25. The van der Waals surface area contributed by atoms with Crippen LogP contribution < -0.4 is 5.32 Å². The summed E-state index contributed by atoms with van der Waals surface area (Å²) in [5, 5.41) is 14.1. The van der Waals surface area contributed by atoms with E-state index in [0.717, 1.165) is 5.57 Å². The molecule has 0 aliphatic carbocycles. The molecule has 0 radical (unpaired) electrons. The summed E-state index contributed by atoms with van der Waals surface area (Å²) in [5.74, 6) is -0.409. The second kappa shape index (κ2) is 6.57. The highest BCUT2D eigenvalue weighted by molar-refractivity contribution is 7.10. The summed E-state index contributed by atoms with van der Waals surface area (Å²) in [4.78, 5) is 11.8. The summed E-state index contributed by atoms with van der Waals surface area (Å²) in [6, 6.07) is 4.43. The first-order valence-corrected chi connectivity index (χ1v) is 6.55. The Morgan fingerprint density at radius 3 is 2.76 bits per heavy atom. The van der Waals surface area contributed by atoms with E-state index in [2.05, 4.69) is 30.6 Å². The minimum Gasteiger partial charge on any atom is -0.478 e. The Labute approximate surface area is 106 Å². The van der Waals surface area contributed by atoms with E-state index in [1.807, 2.05) is 13.0 Å². The van der Waals surface area contributed by atoms with E-state index in [1.165, 1.54) is 11.0 Å². The Hall–Kier alpha value is -1.13. The minimum absolute atomic E-state index is 0.284. The van der Waals surface area contributed by atoms with Crippen molar-refractivity contribution in [2.24, 2.45) is 5.92 Å². The molecule has 0 aromatic carbocycles. The van der Waals surface area contributed by atoms with Crippen LogP contribution >= 0.6 is 11.3 Å².